The minimum atomic E-state index is -3.54. The van der Waals surface area contributed by atoms with Crippen molar-refractivity contribution < 1.29 is 13.2 Å². The summed E-state index contributed by atoms with van der Waals surface area (Å²) in [4.78, 5) is 18.7. The van der Waals surface area contributed by atoms with E-state index in [1.54, 1.807) is 35.4 Å². The first-order chi connectivity index (χ1) is 12.3. The molecule has 0 unspecified atom stereocenters. The largest absolute Gasteiger partial charge is 0.336 e. The van der Waals surface area contributed by atoms with Crippen LogP contribution in [0.1, 0.15) is 27.2 Å². The predicted octanol–water partition coefficient (Wildman–Crippen LogP) is 2.15. The third kappa shape index (κ3) is 3.64. The van der Waals surface area contributed by atoms with Gasteiger partial charge in [0.25, 0.3) is 5.91 Å². The summed E-state index contributed by atoms with van der Waals surface area (Å²) < 4.78 is 27.1. The van der Waals surface area contributed by atoms with Gasteiger partial charge in [-0.05, 0) is 56.2 Å². The number of carbonyl (C=O) groups is 1. The first-order valence-corrected chi connectivity index (χ1v) is 10.0. The van der Waals surface area contributed by atoms with Crippen LogP contribution in [0.15, 0.2) is 41.4 Å². The van der Waals surface area contributed by atoms with Gasteiger partial charge in [0, 0.05) is 38.1 Å². The van der Waals surface area contributed by atoms with E-state index in [4.69, 9.17) is 0 Å². The normalized spacial score (nSPS) is 15.9. The number of rotatable bonds is 3. The highest BCUT2D eigenvalue weighted by molar-refractivity contribution is 7.89. The summed E-state index contributed by atoms with van der Waals surface area (Å²) in [6, 6.07) is 8.73. The zero-order valence-electron chi connectivity index (χ0n) is 15.3. The fraction of sp³-hybridized carbons (Fsp3) is 0.368. The summed E-state index contributed by atoms with van der Waals surface area (Å²) in [5, 5.41) is 0. The maximum atomic E-state index is 12.8. The average Bonchev–Trinajstić information content (AvgIpc) is 2.64. The minimum Gasteiger partial charge on any atom is -0.336 e. The highest BCUT2D eigenvalue weighted by atomic mass is 32.2. The molecule has 1 aromatic heterocycles. The molecule has 1 fully saturated rings. The average molecular weight is 373 g/mol. The van der Waals surface area contributed by atoms with Crippen molar-refractivity contribution in [3.63, 3.8) is 0 Å². The smallest absolute Gasteiger partial charge is 0.255 e. The molecule has 7 heteroatoms. The van der Waals surface area contributed by atoms with Gasteiger partial charge in [0.05, 0.1) is 10.5 Å². The molecule has 1 aliphatic rings. The monoisotopic (exact) mass is 373 g/mol. The number of carbonyl (C=O) groups excluding carboxylic acids is 1. The Morgan fingerprint density at radius 3 is 2.23 bits per heavy atom. The second kappa shape index (κ2) is 7.17. The van der Waals surface area contributed by atoms with Crippen LogP contribution in [0, 0.1) is 20.8 Å². The van der Waals surface area contributed by atoms with Crippen LogP contribution in [-0.4, -0.2) is 54.7 Å². The molecule has 0 bridgehead atoms. The molecule has 2 aromatic rings. The van der Waals surface area contributed by atoms with Crippen molar-refractivity contribution in [2.75, 3.05) is 26.2 Å². The molecule has 0 aliphatic carbocycles. The van der Waals surface area contributed by atoms with Crippen molar-refractivity contribution in [3.8, 4) is 0 Å². The quantitative estimate of drug-likeness (QED) is 0.827. The zero-order chi connectivity index (χ0) is 18.9. The van der Waals surface area contributed by atoms with E-state index in [1.807, 2.05) is 26.8 Å². The molecule has 0 spiro atoms. The Morgan fingerprint density at radius 1 is 0.962 bits per heavy atom. The number of pyridine rings is 1. The zero-order valence-corrected chi connectivity index (χ0v) is 16.1. The van der Waals surface area contributed by atoms with Crippen molar-refractivity contribution in [2.45, 2.75) is 25.7 Å². The van der Waals surface area contributed by atoms with Crippen LogP contribution in [0.4, 0.5) is 0 Å². The fourth-order valence-electron chi connectivity index (χ4n) is 2.93. The maximum Gasteiger partial charge on any atom is 0.255 e. The van der Waals surface area contributed by atoms with Crippen molar-refractivity contribution in [2.24, 2.45) is 0 Å². The molecule has 1 saturated heterocycles. The molecule has 2 heterocycles. The van der Waals surface area contributed by atoms with Crippen molar-refractivity contribution in [1.82, 2.24) is 14.2 Å². The van der Waals surface area contributed by atoms with Crippen molar-refractivity contribution in [1.29, 1.82) is 0 Å². The number of benzene rings is 1. The lowest BCUT2D eigenvalue weighted by atomic mass is 10.1. The molecule has 0 saturated carbocycles. The summed E-state index contributed by atoms with van der Waals surface area (Å²) >= 11 is 0. The molecular weight excluding hydrogens is 350 g/mol. The number of amides is 1. The van der Waals surface area contributed by atoms with E-state index >= 15 is 0 Å². The molecule has 6 nitrogen and oxygen atoms in total. The van der Waals surface area contributed by atoms with E-state index in [1.165, 1.54) is 4.31 Å². The summed E-state index contributed by atoms with van der Waals surface area (Å²) in [5.74, 6) is -0.110. The second-order valence-corrected chi connectivity index (χ2v) is 8.57. The van der Waals surface area contributed by atoms with E-state index in [0.29, 0.717) is 36.6 Å². The van der Waals surface area contributed by atoms with Gasteiger partial charge >= 0.3 is 0 Å². The first kappa shape index (κ1) is 18.5. The Morgan fingerprint density at radius 2 is 1.65 bits per heavy atom. The van der Waals surface area contributed by atoms with Crippen molar-refractivity contribution >= 4 is 15.9 Å². The molecular formula is C19H23N3O3S. The van der Waals surface area contributed by atoms with Gasteiger partial charge in [-0.25, -0.2) is 8.42 Å². The lowest BCUT2D eigenvalue weighted by Crippen LogP contribution is -2.50. The van der Waals surface area contributed by atoms with Crippen LogP contribution in [0.2, 0.25) is 0 Å². The Bertz CT molecular complexity index is 916. The SMILES string of the molecule is Cc1ccc(C(=O)N2CCN(S(=O)(=O)c3ccc(C)c(C)c3)CC2)cn1. The van der Waals surface area contributed by atoms with Gasteiger partial charge in [-0.15, -0.1) is 0 Å². The van der Waals surface area contributed by atoms with Gasteiger partial charge in [-0.1, -0.05) is 6.07 Å². The van der Waals surface area contributed by atoms with Gasteiger partial charge < -0.3 is 4.90 Å². The molecule has 26 heavy (non-hydrogen) atoms. The summed E-state index contributed by atoms with van der Waals surface area (Å²) in [6.07, 6.45) is 1.57. The highest BCUT2D eigenvalue weighted by Gasteiger charge is 2.30. The Kier molecular flexibility index (Phi) is 5.11. The molecule has 0 atom stereocenters. The number of aryl methyl sites for hydroxylation is 3. The van der Waals surface area contributed by atoms with E-state index < -0.39 is 10.0 Å². The van der Waals surface area contributed by atoms with Crippen molar-refractivity contribution in [3.05, 3.63) is 58.9 Å². The van der Waals surface area contributed by atoms with Gasteiger partial charge in [0.1, 0.15) is 0 Å². The number of aromatic nitrogens is 1. The van der Waals surface area contributed by atoms with Crippen LogP contribution < -0.4 is 0 Å². The van der Waals surface area contributed by atoms with E-state index in [2.05, 4.69) is 4.98 Å². The summed E-state index contributed by atoms with van der Waals surface area (Å²) in [6.45, 7) is 7.05. The highest BCUT2D eigenvalue weighted by Crippen LogP contribution is 2.21. The number of hydrogen-bond acceptors (Lipinski definition) is 4. The van der Waals surface area contributed by atoms with Crippen LogP contribution in [0.3, 0.4) is 0 Å². The molecule has 1 aromatic carbocycles. The summed E-state index contributed by atoms with van der Waals surface area (Å²) in [5.41, 5.74) is 3.39. The number of piperazine rings is 1. The number of sulfonamides is 1. The lowest BCUT2D eigenvalue weighted by molar-refractivity contribution is 0.0697. The van der Waals surface area contributed by atoms with Crippen LogP contribution in [0.5, 0.6) is 0 Å². The van der Waals surface area contributed by atoms with Crippen LogP contribution in [0.25, 0.3) is 0 Å². The first-order valence-electron chi connectivity index (χ1n) is 8.58. The molecule has 3 rings (SSSR count). The lowest BCUT2D eigenvalue weighted by Gasteiger charge is -2.34. The van der Waals surface area contributed by atoms with Gasteiger partial charge in [-0.2, -0.15) is 4.31 Å². The predicted molar refractivity (Wildman–Crippen MR) is 99.6 cm³/mol. The Balaban J connectivity index is 1.70. The molecule has 0 radical (unpaired) electrons. The topological polar surface area (TPSA) is 70.6 Å². The third-order valence-corrected chi connectivity index (χ3v) is 6.69. The standard InChI is InChI=1S/C19H23N3O3S/c1-14-4-7-18(12-15(14)2)26(24,25)22-10-8-21(9-11-22)19(23)17-6-5-16(3)20-13-17/h4-7,12-13H,8-11H2,1-3H3. The second-order valence-electron chi connectivity index (χ2n) is 6.63. The van der Waals surface area contributed by atoms with Gasteiger partial charge in [0.15, 0.2) is 0 Å². The molecule has 0 N–H and O–H groups in total. The van der Waals surface area contributed by atoms with E-state index in [9.17, 15) is 13.2 Å². The summed E-state index contributed by atoms with van der Waals surface area (Å²) in [7, 11) is -3.54. The maximum absolute atomic E-state index is 12.8. The van der Waals surface area contributed by atoms with Gasteiger partial charge in [0.2, 0.25) is 10.0 Å². The number of hydrogen-bond donors (Lipinski definition) is 0. The van der Waals surface area contributed by atoms with Gasteiger partial charge in [-0.3, -0.25) is 9.78 Å². The van der Waals surface area contributed by atoms with Crippen LogP contribution >= 0.6 is 0 Å². The molecule has 1 aliphatic heterocycles. The Labute approximate surface area is 154 Å². The molecule has 1 amide bonds. The fourth-order valence-corrected chi connectivity index (χ4v) is 4.44. The Hall–Kier alpha value is -2.25. The number of nitrogens with zero attached hydrogens (tertiary/aromatic N) is 3. The minimum absolute atomic E-state index is 0.110. The van der Waals surface area contributed by atoms with E-state index in [0.717, 1.165) is 16.8 Å². The van der Waals surface area contributed by atoms with Crippen LogP contribution in [-0.2, 0) is 10.0 Å². The third-order valence-electron chi connectivity index (χ3n) is 4.80. The molecule has 138 valence electrons. The van der Waals surface area contributed by atoms with E-state index in [-0.39, 0.29) is 5.91 Å².